The van der Waals surface area contributed by atoms with Crippen molar-refractivity contribution in [2.24, 2.45) is 11.7 Å². The van der Waals surface area contributed by atoms with E-state index in [4.69, 9.17) is 10.5 Å². The standard InChI is InChI=1S/C38H49N5O6/c1-24-10-9-11-26(3)49-35(45)22-33(27-15-17-29(44)18-16-27)42-37(47)34(21-28-23-40-31-13-6-5-12-30(28)31)43(4)38(48)32(14-7-8-19-39)41-36(46)25(2)20-24/h5-6,9-10,12-13,15-18,20,23,25-26,32-34,40,44H,7-8,11,14,19,21-22,39H2,1-4H3,(H,41,46)(H,42,47)/b10-9+,24-20-/t25-,26-,32-,33+,34+/m0/s1. The predicted octanol–water partition coefficient (Wildman–Crippen LogP) is 4.58. The van der Waals surface area contributed by atoms with E-state index in [1.165, 1.54) is 17.0 Å². The number of aromatic amines is 1. The zero-order chi connectivity index (χ0) is 35.5. The summed E-state index contributed by atoms with van der Waals surface area (Å²) >= 11 is 0. The van der Waals surface area contributed by atoms with Crippen LogP contribution in [0.3, 0.4) is 0 Å². The molecule has 6 N–H and O–H groups in total. The number of amides is 3. The molecule has 0 fully saturated rings. The fraction of sp³-hybridized carbons (Fsp3) is 0.421. The number of aromatic nitrogens is 1. The molecule has 1 aromatic heterocycles. The van der Waals surface area contributed by atoms with Gasteiger partial charge in [0.15, 0.2) is 0 Å². The Morgan fingerprint density at radius 1 is 0.980 bits per heavy atom. The van der Waals surface area contributed by atoms with E-state index in [2.05, 4.69) is 15.6 Å². The molecule has 49 heavy (non-hydrogen) atoms. The van der Waals surface area contributed by atoms with Gasteiger partial charge in [0, 0.05) is 37.0 Å². The van der Waals surface area contributed by atoms with Crippen molar-refractivity contribution in [3.8, 4) is 5.75 Å². The second-order valence-corrected chi connectivity index (χ2v) is 12.9. The Balaban J connectivity index is 1.76. The van der Waals surface area contributed by atoms with Crippen molar-refractivity contribution in [3.05, 3.63) is 89.7 Å². The summed E-state index contributed by atoms with van der Waals surface area (Å²) in [7, 11) is 1.57. The number of hydrogen-bond donors (Lipinski definition) is 5. The Labute approximate surface area is 288 Å². The highest BCUT2D eigenvalue weighted by molar-refractivity contribution is 5.93. The van der Waals surface area contributed by atoms with E-state index < -0.39 is 47.9 Å². The first-order chi connectivity index (χ1) is 23.5. The monoisotopic (exact) mass is 671 g/mol. The molecule has 0 unspecified atom stereocenters. The van der Waals surface area contributed by atoms with Crippen molar-refractivity contribution >= 4 is 34.6 Å². The van der Waals surface area contributed by atoms with Crippen LogP contribution >= 0.6 is 0 Å². The van der Waals surface area contributed by atoms with Crippen molar-refractivity contribution in [1.82, 2.24) is 20.5 Å². The van der Waals surface area contributed by atoms with Gasteiger partial charge in [0.2, 0.25) is 17.7 Å². The van der Waals surface area contributed by atoms with Crippen LogP contribution in [-0.4, -0.2) is 70.5 Å². The highest BCUT2D eigenvalue weighted by Gasteiger charge is 2.34. The molecule has 4 rings (SSSR count). The highest BCUT2D eigenvalue weighted by Crippen LogP contribution is 2.25. The van der Waals surface area contributed by atoms with Gasteiger partial charge in [-0.25, -0.2) is 0 Å². The van der Waals surface area contributed by atoms with Crippen molar-refractivity contribution in [2.45, 2.75) is 83.5 Å². The number of fused-ring (bicyclic) bond motifs is 1. The lowest BCUT2D eigenvalue weighted by Gasteiger charge is -2.32. The number of rotatable bonds is 7. The van der Waals surface area contributed by atoms with Crippen molar-refractivity contribution < 1.29 is 29.0 Å². The minimum absolute atomic E-state index is 0.0399. The highest BCUT2D eigenvalue weighted by atomic mass is 16.5. The Kier molecular flexibility index (Phi) is 13.2. The molecule has 262 valence electrons. The smallest absolute Gasteiger partial charge is 0.308 e. The minimum Gasteiger partial charge on any atom is -0.508 e. The predicted molar refractivity (Wildman–Crippen MR) is 189 cm³/mol. The second kappa shape index (κ2) is 17.5. The van der Waals surface area contributed by atoms with Crippen LogP contribution in [0, 0.1) is 5.92 Å². The van der Waals surface area contributed by atoms with E-state index in [0.29, 0.717) is 37.8 Å². The average Bonchev–Trinajstić information content (AvgIpc) is 3.48. The number of nitrogens with zero attached hydrogens (tertiary/aromatic N) is 1. The van der Waals surface area contributed by atoms with Crippen molar-refractivity contribution in [3.63, 3.8) is 0 Å². The molecule has 0 spiro atoms. The summed E-state index contributed by atoms with van der Waals surface area (Å²) in [5.74, 6) is -2.21. The third kappa shape index (κ3) is 10.3. The molecule has 2 aromatic carbocycles. The lowest BCUT2D eigenvalue weighted by atomic mass is 9.99. The van der Waals surface area contributed by atoms with Crippen LogP contribution in [0.1, 0.15) is 70.0 Å². The zero-order valence-electron chi connectivity index (χ0n) is 28.8. The Morgan fingerprint density at radius 2 is 1.71 bits per heavy atom. The number of nitrogens with one attached hydrogen (secondary N) is 3. The molecule has 11 heteroatoms. The van der Waals surface area contributed by atoms with Crippen LogP contribution in [-0.2, 0) is 30.3 Å². The van der Waals surface area contributed by atoms with Gasteiger partial charge in [-0.15, -0.1) is 0 Å². The summed E-state index contributed by atoms with van der Waals surface area (Å²) < 4.78 is 5.71. The van der Waals surface area contributed by atoms with E-state index >= 15 is 0 Å². The van der Waals surface area contributed by atoms with Crippen LogP contribution in [0.5, 0.6) is 5.75 Å². The minimum atomic E-state index is -1.01. The van der Waals surface area contributed by atoms with Crippen LogP contribution in [0.25, 0.3) is 10.9 Å². The maximum atomic E-state index is 14.4. The first-order valence-corrected chi connectivity index (χ1v) is 16.9. The van der Waals surface area contributed by atoms with Crippen molar-refractivity contribution in [1.29, 1.82) is 0 Å². The second-order valence-electron chi connectivity index (χ2n) is 12.9. The van der Waals surface area contributed by atoms with Crippen molar-refractivity contribution in [2.75, 3.05) is 13.6 Å². The molecule has 11 nitrogen and oxygen atoms in total. The number of carbonyl (C=O) groups is 4. The molecule has 2 heterocycles. The summed E-state index contributed by atoms with van der Waals surface area (Å²) in [6.45, 7) is 5.88. The first-order valence-electron chi connectivity index (χ1n) is 16.9. The molecule has 0 saturated heterocycles. The van der Waals surface area contributed by atoms with E-state index in [1.807, 2.05) is 55.6 Å². The maximum absolute atomic E-state index is 14.4. The summed E-state index contributed by atoms with van der Waals surface area (Å²) in [5, 5.41) is 16.8. The SMILES string of the molecule is CC1=C/[C@H](C)C(=O)N[C@@H](CCCCN)C(=O)N(C)[C@H](Cc2c[nH]c3ccccc23)C(=O)N[C@@H](c2ccc(O)cc2)CC(=O)O[C@@H](C)C\C=C\1. The van der Waals surface area contributed by atoms with Gasteiger partial charge in [0.05, 0.1) is 18.4 Å². The fourth-order valence-corrected chi connectivity index (χ4v) is 6.05. The lowest BCUT2D eigenvalue weighted by Crippen LogP contribution is -2.55. The number of likely N-dealkylation sites (N-methyl/N-ethyl adjacent to an activating group) is 1. The number of phenols is 1. The number of carbonyl (C=O) groups excluding carboxylic acids is 4. The molecule has 1 aliphatic rings. The third-order valence-corrected chi connectivity index (χ3v) is 8.86. The van der Waals surface area contributed by atoms with E-state index in [9.17, 15) is 24.3 Å². The third-order valence-electron chi connectivity index (χ3n) is 8.86. The van der Waals surface area contributed by atoms with Gasteiger partial charge < -0.3 is 36.1 Å². The summed E-state index contributed by atoms with van der Waals surface area (Å²) in [5.41, 5.74) is 8.91. The van der Waals surface area contributed by atoms with Gasteiger partial charge in [-0.3, -0.25) is 19.2 Å². The number of esters is 1. The van der Waals surface area contributed by atoms with E-state index in [1.54, 1.807) is 33.0 Å². The Morgan fingerprint density at radius 3 is 2.45 bits per heavy atom. The number of hydrogen-bond acceptors (Lipinski definition) is 7. The van der Waals surface area contributed by atoms with Gasteiger partial charge >= 0.3 is 5.97 Å². The van der Waals surface area contributed by atoms with E-state index in [-0.39, 0.29) is 24.5 Å². The molecule has 5 atom stereocenters. The quantitative estimate of drug-likeness (QED) is 0.181. The topological polar surface area (TPSA) is 167 Å². The molecule has 0 radical (unpaired) electrons. The van der Waals surface area contributed by atoms with Gasteiger partial charge in [0.25, 0.3) is 0 Å². The number of benzene rings is 2. The van der Waals surface area contributed by atoms with Crippen LogP contribution in [0.2, 0.25) is 0 Å². The molecule has 3 aromatic rings. The summed E-state index contributed by atoms with van der Waals surface area (Å²) in [6, 6.07) is 11.2. The average molecular weight is 672 g/mol. The molecule has 1 aliphatic heterocycles. The number of ether oxygens (including phenoxy) is 1. The van der Waals surface area contributed by atoms with Crippen LogP contribution < -0.4 is 16.4 Å². The van der Waals surface area contributed by atoms with Crippen LogP contribution in [0.15, 0.2) is 78.5 Å². The summed E-state index contributed by atoms with van der Waals surface area (Å²) in [4.78, 5) is 59.9. The van der Waals surface area contributed by atoms with Gasteiger partial charge in [0.1, 0.15) is 23.9 Å². The van der Waals surface area contributed by atoms with E-state index in [0.717, 1.165) is 22.0 Å². The number of unbranched alkanes of at least 4 members (excludes halogenated alkanes) is 1. The molecule has 3 amide bonds. The normalized spacial score (nSPS) is 25.3. The zero-order valence-corrected chi connectivity index (χ0v) is 28.8. The number of H-pyrrole nitrogens is 1. The molecule has 0 saturated carbocycles. The van der Waals surface area contributed by atoms with Gasteiger partial charge in [-0.2, -0.15) is 0 Å². The molecule has 0 bridgehead atoms. The Bertz CT molecular complexity index is 1660. The molecular weight excluding hydrogens is 622 g/mol. The largest absolute Gasteiger partial charge is 0.508 e. The number of aromatic hydroxyl groups is 1. The van der Waals surface area contributed by atoms with Gasteiger partial charge in [-0.05, 0) is 69.0 Å². The maximum Gasteiger partial charge on any atom is 0.308 e. The molecule has 0 aliphatic carbocycles. The number of allylic oxidation sites excluding steroid dienone is 2. The van der Waals surface area contributed by atoms with Gasteiger partial charge in [-0.1, -0.05) is 61.1 Å². The number of para-hydroxylation sites is 1. The van der Waals surface area contributed by atoms with Crippen LogP contribution in [0.4, 0.5) is 0 Å². The number of cyclic esters (lactones) is 1. The number of phenolic OH excluding ortho intramolecular Hbond substituents is 1. The first kappa shape index (κ1) is 36.9. The fourth-order valence-electron chi connectivity index (χ4n) is 6.05. The number of nitrogens with two attached hydrogens (primary N) is 1. The summed E-state index contributed by atoms with van der Waals surface area (Å²) in [6.07, 6.45) is 9.02. The lowest BCUT2D eigenvalue weighted by molar-refractivity contribution is -0.149. The Hall–Kier alpha value is -4.90. The molecular formula is C38H49N5O6.